The molecular formula is C13H12Cl2O4S. The Morgan fingerprint density at radius 2 is 2.10 bits per heavy atom. The van der Waals surface area contributed by atoms with E-state index in [4.69, 9.17) is 33.0 Å². The van der Waals surface area contributed by atoms with Gasteiger partial charge in [0.05, 0.1) is 15.8 Å². The first-order valence-corrected chi connectivity index (χ1v) is 7.45. The standard InChI is InChI=1S/C13H12Cl2O4S/c1-2-7(16)9-4-6-3-8(19-5-10(17)18)11(14)12(15)13(6)20-9/h3-4,7,16H,2,5H2,1H3,(H,17,18). The Kier molecular flexibility index (Phi) is 4.75. The van der Waals surface area contributed by atoms with Crippen molar-refractivity contribution in [1.29, 1.82) is 0 Å². The summed E-state index contributed by atoms with van der Waals surface area (Å²) in [7, 11) is 0. The van der Waals surface area contributed by atoms with Gasteiger partial charge >= 0.3 is 5.97 Å². The second kappa shape index (κ2) is 6.18. The number of aliphatic carboxylic acids is 1. The monoisotopic (exact) mass is 334 g/mol. The molecule has 0 radical (unpaired) electrons. The number of carboxylic acids is 1. The van der Waals surface area contributed by atoms with Gasteiger partial charge in [-0.15, -0.1) is 11.3 Å². The highest BCUT2D eigenvalue weighted by Gasteiger charge is 2.17. The van der Waals surface area contributed by atoms with Crippen molar-refractivity contribution in [3.05, 3.63) is 27.1 Å². The number of thiophene rings is 1. The minimum absolute atomic E-state index is 0.180. The van der Waals surface area contributed by atoms with Crippen LogP contribution in [-0.4, -0.2) is 22.8 Å². The van der Waals surface area contributed by atoms with Crippen molar-refractivity contribution in [2.75, 3.05) is 6.61 Å². The van der Waals surface area contributed by atoms with Crippen LogP contribution in [0.4, 0.5) is 0 Å². The van der Waals surface area contributed by atoms with E-state index in [0.29, 0.717) is 11.4 Å². The third-order valence-electron chi connectivity index (χ3n) is 2.74. The summed E-state index contributed by atoms with van der Waals surface area (Å²) in [6.45, 7) is 1.39. The SMILES string of the molecule is CCC(O)c1cc2cc(OCC(=O)O)c(Cl)c(Cl)c2s1. The molecule has 20 heavy (non-hydrogen) atoms. The van der Waals surface area contributed by atoms with E-state index in [1.165, 1.54) is 11.3 Å². The molecule has 0 fully saturated rings. The van der Waals surface area contributed by atoms with Crippen LogP contribution in [0.5, 0.6) is 5.75 Å². The molecule has 0 bridgehead atoms. The molecule has 1 unspecified atom stereocenters. The maximum absolute atomic E-state index is 10.5. The highest BCUT2D eigenvalue weighted by Crippen LogP contribution is 2.43. The molecule has 1 heterocycles. The van der Waals surface area contributed by atoms with E-state index >= 15 is 0 Å². The molecule has 0 spiro atoms. The van der Waals surface area contributed by atoms with Gasteiger partial charge in [-0.3, -0.25) is 0 Å². The average molecular weight is 335 g/mol. The van der Waals surface area contributed by atoms with E-state index < -0.39 is 18.7 Å². The number of hydrogen-bond acceptors (Lipinski definition) is 4. The minimum Gasteiger partial charge on any atom is -0.480 e. The molecule has 0 saturated carbocycles. The number of ether oxygens (including phenoxy) is 1. The summed E-state index contributed by atoms with van der Waals surface area (Å²) in [5.74, 6) is -0.869. The highest BCUT2D eigenvalue weighted by atomic mass is 35.5. The van der Waals surface area contributed by atoms with Crippen LogP contribution in [0.3, 0.4) is 0 Å². The number of carboxylic acid groups (broad SMARTS) is 1. The van der Waals surface area contributed by atoms with Gasteiger partial charge in [-0.25, -0.2) is 4.79 Å². The Labute approximate surface area is 129 Å². The predicted octanol–water partition coefficient (Wildman–Crippen LogP) is 4.11. The Bertz CT molecular complexity index is 653. The lowest BCUT2D eigenvalue weighted by molar-refractivity contribution is -0.139. The van der Waals surface area contributed by atoms with Crippen LogP contribution < -0.4 is 4.74 Å². The van der Waals surface area contributed by atoms with Gasteiger partial charge < -0.3 is 14.9 Å². The summed E-state index contributed by atoms with van der Waals surface area (Å²) in [5, 5.41) is 19.7. The molecule has 1 aromatic carbocycles. The fraction of sp³-hybridized carbons (Fsp3) is 0.308. The number of halogens is 2. The minimum atomic E-state index is -1.09. The number of aliphatic hydroxyl groups is 1. The summed E-state index contributed by atoms with van der Waals surface area (Å²) >= 11 is 13.6. The van der Waals surface area contributed by atoms with Gasteiger partial charge in [0, 0.05) is 4.88 Å². The quantitative estimate of drug-likeness (QED) is 0.863. The summed E-state index contributed by atoms with van der Waals surface area (Å²) < 4.78 is 5.86. The molecule has 0 aliphatic rings. The van der Waals surface area contributed by atoms with E-state index in [9.17, 15) is 9.90 Å². The lowest BCUT2D eigenvalue weighted by Gasteiger charge is -2.07. The second-order valence-corrected chi connectivity index (χ2v) is 6.02. The number of rotatable bonds is 5. The van der Waals surface area contributed by atoms with E-state index in [-0.39, 0.29) is 10.8 Å². The Balaban J connectivity index is 2.47. The molecular weight excluding hydrogens is 323 g/mol. The van der Waals surface area contributed by atoms with Crippen molar-refractivity contribution in [1.82, 2.24) is 0 Å². The molecule has 2 aromatic rings. The molecule has 2 N–H and O–H groups in total. The summed E-state index contributed by atoms with van der Waals surface area (Å²) in [5.41, 5.74) is 0. The fourth-order valence-electron chi connectivity index (χ4n) is 1.73. The van der Waals surface area contributed by atoms with E-state index in [0.717, 1.165) is 15.0 Å². The fourth-order valence-corrected chi connectivity index (χ4v) is 3.46. The third kappa shape index (κ3) is 3.01. The molecule has 2 rings (SSSR count). The molecule has 1 aromatic heterocycles. The average Bonchev–Trinajstić information content (AvgIpc) is 2.84. The van der Waals surface area contributed by atoms with Gasteiger partial charge in [0.2, 0.25) is 0 Å². The molecule has 7 heteroatoms. The first-order valence-electron chi connectivity index (χ1n) is 5.88. The molecule has 0 saturated heterocycles. The van der Waals surface area contributed by atoms with E-state index in [1.54, 1.807) is 6.07 Å². The molecule has 1 atom stereocenters. The van der Waals surface area contributed by atoms with Crippen LogP contribution in [0.2, 0.25) is 10.0 Å². The second-order valence-electron chi connectivity index (χ2n) is 4.18. The maximum Gasteiger partial charge on any atom is 0.341 e. The van der Waals surface area contributed by atoms with Gasteiger partial charge in [-0.05, 0) is 23.9 Å². The Hall–Kier alpha value is -1.01. The van der Waals surface area contributed by atoms with Crippen molar-refractivity contribution in [2.24, 2.45) is 0 Å². The molecule has 0 amide bonds. The lowest BCUT2D eigenvalue weighted by Crippen LogP contribution is -2.09. The Morgan fingerprint density at radius 3 is 2.70 bits per heavy atom. The van der Waals surface area contributed by atoms with Crippen molar-refractivity contribution in [3.8, 4) is 5.75 Å². The maximum atomic E-state index is 10.5. The van der Waals surface area contributed by atoms with Gasteiger partial charge in [0.25, 0.3) is 0 Å². The summed E-state index contributed by atoms with van der Waals surface area (Å²) in [6.07, 6.45) is 0.0474. The largest absolute Gasteiger partial charge is 0.480 e. The van der Waals surface area contributed by atoms with E-state index in [2.05, 4.69) is 0 Å². The smallest absolute Gasteiger partial charge is 0.341 e. The van der Waals surface area contributed by atoms with Crippen LogP contribution in [0, 0.1) is 0 Å². The first-order chi connectivity index (χ1) is 9.43. The van der Waals surface area contributed by atoms with Crippen LogP contribution in [0.15, 0.2) is 12.1 Å². The zero-order valence-corrected chi connectivity index (χ0v) is 12.8. The molecule has 0 aliphatic carbocycles. The van der Waals surface area contributed by atoms with Crippen LogP contribution in [0.1, 0.15) is 24.3 Å². The van der Waals surface area contributed by atoms with Crippen molar-refractivity contribution < 1.29 is 19.7 Å². The van der Waals surface area contributed by atoms with Crippen LogP contribution in [-0.2, 0) is 4.79 Å². The normalized spacial score (nSPS) is 12.6. The zero-order valence-electron chi connectivity index (χ0n) is 10.5. The van der Waals surface area contributed by atoms with Crippen LogP contribution >= 0.6 is 34.5 Å². The number of hydrogen-bond donors (Lipinski definition) is 2. The van der Waals surface area contributed by atoms with Gasteiger partial charge in [-0.2, -0.15) is 0 Å². The predicted molar refractivity (Wildman–Crippen MR) is 80.2 cm³/mol. The molecule has 4 nitrogen and oxygen atoms in total. The van der Waals surface area contributed by atoms with Crippen LogP contribution in [0.25, 0.3) is 10.1 Å². The number of fused-ring (bicyclic) bond motifs is 1. The third-order valence-corrected chi connectivity index (χ3v) is 4.97. The van der Waals surface area contributed by atoms with E-state index in [1.807, 2.05) is 13.0 Å². The molecule has 108 valence electrons. The number of carbonyl (C=O) groups is 1. The summed E-state index contributed by atoms with van der Waals surface area (Å²) in [4.78, 5) is 11.3. The molecule has 0 aliphatic heterocycles. The first kappa shape index (κ1) is 15.4. The van der Waals surface area contributed by atoms with Crippen molar-refractivity contribution >= 4 is 50.6 Å². The van der Waals surface area contributed by atoms with Gasteiger partial charge in [-0.1, -0.05) is 30.1 Å². The topological polar surface area (TPSA) is 66.8 Å². The van der Waals surface area contributed by atoms with Gasteiger partial charge in [0.15, 0.2) is 6.61 Å². The van der Waals surface area contributed by atoms with Crippen molar-refractivity contribution in [2.45, 2.75) is 19.4 Å². The number of aliphatic hydroxyl groups excluding tert-OH is 1. The summed E-state index contributed by atoms with van der Waals surface area (Å²) in [6, 6.07) is 3.44. The highest BCUT2D eigenvalue weighted by molar-refractivity contribution is 7.19. The lowest BCUT2D eigenvalue weighted by atomic mass is 10.2. The van der Waals surface area contributed by atoms with Crippen molar-refractivity contribution in [3.63, 3.8) is 0 Å². The van der Waals surface area contributed by atoms with Gasteiger partial charge in [0.1, 0.15) is 10.8 Å². The zero-order chi connectivity index (χ0) is 14.9. The number of benzene rings is 1. The Morgan fingerprint density at radius 1 is 1.40 bits per heavy atom.